The molecule has 36 heavy (non-hydrogen) atoms. The van der Waals surface area contributed by atoms with Gasteiger partial charge < -0.3 is 40.1 Å². The summed E-state index contributed by atoms with van der Waals surface area (Å²) in [6, 6.07) is 0. The third-order valence-electron chi connectivity index (χ3n) is 3.47. The SMILES string of the molecule is O=C(O)CC(CC(=O)O)(OC(=O)/C=C/C(=O)OC(CC(=O)O)(CC(=O)O)C(=O)O)C(=O)O.[KH].[KH].[KH].[KH]. The van der Waals surface area contributed by atoms with Crippen LogP contribution < -0.4 is 0 Å². The number of esters is 2. The van der Waals surface area contributed by atoms with Crippen molar-refractivity contribution in [2.45, 2.75) is 36.9 Å². The van der Waals surface area contributed by atoms with E-state index in [0.717, 1.165) is 0 Å². The third kappa shape index (κ3) is 18.4. The van der Waals surface area contributed by atoms with Crippen molar-refractivity contribution in [1.82, 2.24) is 0 Å². The quantitative estimate of drug-likeness (QED) is 0.0604. The minimum atomic E-state index is -3.07. The number of hydrogen-bond acceptors (Lipinski definition) is 10. The van der Waals surface area contributed by atoms with Crippen LogP contribution in [0.1, 0.15) is 25.7 Å². The van der Waals surface area contributed by atoms with Gasteiger partial charge in [-0.15, -0.1) is 0 Å². The molecule has 0 aliphatic heterocycles. The molecule has 0 saturated carbocycles. The number of hydrogen-bond donors (Lipinski definition) is 6. The van der Waals surface area contributed by atoms with Crippen LogP contribution in [0.3, 0.4) is 0 Å². The summed E-state index contributed by atoms with van der Waals surface area (Å²) in [5, 5.41) is 53.4. The van der Waals surface area contributed by atoms with E-state index in [-0.39, 0.29) is 218 Å². The Morgan fingerprint density at radius 2 is 0.667 bits per heavy atom. The zero-order valence-corrected chi connectivity index (χ0v) is 15.7. The van der Waals surface area contributed by atoms with Crippen LogP contribution in [0.4, 0.5) is 0 Å². The van der Waals surface area contributed by atoms with Gasteiger partial charge in [0.2, 0.25) is 11.2 Å². The molecule has 0 fully saturated rings. The zero-order valence-electron chi connectivity index (χ0n) is 15.7. The van der Waals surface area contributed by atoms with Crippen LogP contribution in [0, 0.1) is 0 Å². The summed E-state index contributed by atoms with van der Waals surface area (Å²) in [5.74, 6) is -15.2. The van der Waals surface area contributed by atoms with Crippen LogP contribution >= 0.6 is 0 Å². The molecule has 184 valence electrons. The maximum absolute atomic E-state index is 11.8. The number of carboxylic acids is 6. The number of ether oxygens (including phenoxy) is 2. The molecule has 0 unspecified atom stereocenters. The number of rotatable bonds is 14. The van der Waals surface area contributed by atoms with Gasteiger partial charge in [0.05, 0.1) is 25.7 Å². The van der Waals surface area contributed by atoms with Crippen LogP contribution in [-0.2, 0) is 47.8 Å². The molecule has 0 saturated heterocycles. The second kappa shape index (κ2) is 22.7. The Balaban J connectivity index is -0.000000801. The summed E-state index contributed by atoms with van der Waals surface area (Å²) < 4.78 is 8.76. The van der Waals surface area contributed by atoms with E-state index in [2.05, 4.69) is 9.47 Å². The van der Waals surface area contributed by atoms with Gasteiger partial charge in [-0.1, -0.05) is 0 Å². The zero-order chi connectivity index (χ0) is 25.3. The minimum absolute atomic E-state index is 0. The molecule has 0 aliphatic rings. The molecule has 0 bridgehead atoms. The summed E-state index contributed by atoms with van der Waals surface area (Å²) in [6.07, 6.45) is -5.68. The van der Waals surface area contributed by atoms with Crippen LogP contribution in [0.25, 0.3) is 0 Å². The molecule has 6 N–H and O–H groups in total. The average molecular weight is 625 g/mol. The van der Waals surface area contributed by atoms with Gasteiger partial charge in [-0.3, -0.25) is 19.2 Å². The maximum atomic E-state index is 11.8. The molecule has 0 radical (unpaired) electrons. The molecule has 0 aromatic carbocycles. The molecule has 20 heteroatoms. The first-order valence-corrected chi connectivity index (χ1v) is 8.03. The fourth-order valence-corrected chi connectivity index (χ4v) is 2.23. The van der Waals surface area contributed by atoms with Crippen molar-refractivity contribution < 1.29 is 78.5 Å². The molecule has 0 aromatic rings. The molecule has 0 aromatic heterocycles. The van der Waals surface area contributed by atoms with E-state index in [9.17, 15) is 38.4 Å². The topological polar surface area (TPSA) is 276 Å². The first-order chi connectivity index (χ1) is 14.5. The van der Waals surface area contributed by atoms with Gasteiger partial charge in [0.25, 0.3) is 0 Å². The Bertz CT molecular complexity index is 781. The number of carboxylic acid groups (broad SMARTS) is 6. The van der Waals surface area contributed by atoms with Gasteiger partial charge in [0.1, 0.15) is 0 Å². The van der Waals surface area contributed by atoms with E-state index in [1.807, 2.05) is 0 Å². The Morgan fingerprint density at radius 3 is 0.806 bits per heavy atom. The molecule has 0 heterocycles. The normalized spacial score (nSPS) is 10.1. The average Bonchev–Trinajstić information content (AvgIpc) is 2.57. The van der Waals surface area contributed by atoms with E-state index in [0.29, 0.717) is 0 Å². The summed E-state index contributed by atoms with van der Waals surface area (Å²) in [7, 11) is 0. The molecule has 0 amide bonds. The molecule has 0 atom stereocenters. The van der Waals surface area contributed by atoms with Gasteiger partial charge in [-0.05, 0) is 0 Å². The third-order valence-corrected chi connectivity index (χ3v) is 3.47. The van der Waals surface area contributed by atoms with Gasteiger partial charge in [0, 0.05) is 12.2 Å². The summed E-state index contributed by atoms with van der Waals surface area (Å²) in [5.41, 5.74) is -6.14. The van der Waals surface area contributed by atoms with Gasteiger partial charge in [-0.25, -0.2) is 19.2 Å². The van der Waals surface area contributed by atoms with Gasteiger partial charge in [0.15, 0.2) is 0 Å². The number of carbonyl (C=O) groups excluding carboxylic acids is 2. The van der Waals surface area contributed by atoms with E-state index < -0.39 is 84.6 Å². The van der Waals surface area contributed by atoms with Crippen molar-refractivity contribution in [1.29, 1.82) is 0 Å². The summed E-state index contributed by atoms with van der Waals surface area (Å²) in [6.45, 7) is 0. The van der Waals surface area contributed by atoms with Crippen molar-refractivity contribution in [3.63, 3.8) is 0 Å². The van der Waals surface area contributed by atoms with Gasteiger partial charge in [-0.2, -0.15) is 0 Å². The molecule has 16 nitrogen and oxygen atoms in total. The molecule has 0 rings (SSSR count). The van der Waals surface area contributed by atoms with Crippen molar-refractivity contribution in [3.05, 3.63) is 12.2 Å². The van der Waals surface area contributed by atoms with Crippen molar-refractivity contribution >= 4 is 253 Å². The summed E-state index contributed by atoms with van der Waals surface area (Å²) >= 11 is 0. The molecular formula is C16H20K4O16. The Kier molecular flexibility index (Phi) is 30.2. The molecular weight excluding hydrogens is 605 g/mol. The van der Waals surface area contributed by atoms with Crippen LogP contribution in [0.15, 0.2) is 12.2 Å². The van der Waals surface area contributed by atoms with E-state index >= 15 is 0 Å². The Labute approximate surface area is 371 Å². The van der Waals surface area contributed by atoms with E-state index in [1.54, 1.807) is 0 Å². The van der Waals surface area contributed by atoms with Crippen molar-refractivity contribution in [3.8, 4) is 0 Å². The van der Waals surface area contributed by atoms with Crippen LogP contribution in [0.5, 0.6) is 0 Å². The first kappa shape index (κ1) is 47.8. The fourth-order valence-electron chi connectivity index (χ4n) is 2.23. The second-order valence-corrected chi connectivity index (χ2v) is 6.06. The first-order valence-electron chi connectivity index (χ1n) is 8.03. The summed E-state index contributed by atoms with van der Waals surface area (Å²) in [4.78, 5) is 89.7. The van der Waals surface area contributed by atoms with Gasteiger partial charge >= 0.3 is 253 Å². The van der Waals surface area contributed by atoms with Crippen molar-refractivity contribution in [2.75, 3.05) is 0 Å². The Hall–Kier alpha value is 2.05. The fraction of sp³-hybridized carbons (Fsp3) is 0.375. The molecule has 0 spiro atoms. The number of carbonyl (C=O) groups is 8. The van der Waals surface area contributed by atoms with Crippen molar-refractivity contribution in [2.24, 2.45) is 0 Å². The van der Waals surface area contributed by atoms with E-state index in [4.69, 9.17) is 30.6 Å². The van der Waals surface area contributed by atoms with Crippen LogP contribution in [0.2, 0.25) is 0 Å². The Morgan fingerprint density at radius 1 is 0.472 bits per heavy atom. The van der Waals surface area contributed by atoms with Crippen LogP contribution in [-0.4, -0.2) is 295 Å². The predicted molar refractivity (Wildman–Crippen MR) is 120 cm³/mol. The second-order valence-electron chi connectivity index (χ2n) is 6.06. The molecule has 0 aliphatic carbocycles. The van der Waals surface area contributed by atoms with E-state index in [1.165, 1.54) is 0 Å². The number of aliphatic carboxylic acids is 6. The monoisotopic (exact) mass is 624 g/mol. The predicted octanol–water partition coefficient (Wildman–Crippen LogP) is -4.42. The standard InChI is InChI=1S/C16H16O16.4K.4H/c17-7(18)3-15(13(27)28,4-8(19)20)31-11(25)1-2-12(26)32-16(14(29)30,5-9(21)22)6-10(23)24;;;;;;;;/h1-2H,3-6H2,(H,17,18)(H,19,20)(H,21,22)(H,23,24)(H,27,28)(H,29,30);;;;;;;;/b2-1+;;;;;;;;.